The zero-order valence-electron chi connectivity index (χ0n) is 10.7. The molecule has 0 saturated carbocycles. The van der Waals surface area contributed by atoms with Crippen molar-refractivity contribution in [3.63, 3.8) is 0 Å². The van der Waals surface area contributed by atoms with Crippen molar-refractivity contribution in [3.05, 3.63) is 64.1 Å². The summed E-state index contributed by atoms with van der Waals surface area (Å²) in [5.74, 6) is 0. The Bertz CT molecular complexity index is 602. The van der Waals surface area contributed by atoms with Crippen LogP contribution in [0, 0.1) is 0 Å². The van der Waals surface area contributed by atoms with Crippen LogP contribution in [0.1, 0.15) is 5.56 Å². The first-order chi connectivity index (χ1) is 9.65. The lowest BCUT2D eigenvalue weighted by molar-refractivity contribution is 0.252. The van der Waals surface area contributed by atoms with E-state index in [4.69, 9.17) is 23.2 Å². The van der Waals surface area contributed by atoms with Gasteiger partial charge in [-0.1, -0.05) is 47.5 Å². The maximum Gasteiger partial charge on any atom is 0.319 e. The summed E-state index contributed by atoms with van der Waals surface area (Å²) in [4.78, 5) is 11.7. The van der Waals surface area contributed by atoms with Crippen molar-refractivity contribution in [1.29, 1.82) is 0 Å². The summed E-state index contributed by atoms with van der Waals surface area (Å²) in [5, 5.41) is 6.79. The number of hydrogen-bond acceptors (Lipinski definition) is 1. The fraction of sp³-hybridized carbons (Fsp3) is 0.133. The van der Waals surface area contributed by atoms with E-state index in [2.05, 4.69) is 10.6 Å². The molecule has 0 spiro atoms. The van der Waals surface area contributed by atoms with E-state index in [1.54, 1.807) is 24.3 Å². The molecular formula is C15H14Cl2N2O. The van der Waals surface area contributed by atoms with E-state index in [1.807, 2.05) is 24.3 Å². The van der Waals surface area contributed by atoms with Crippen molar-refractivity contribution in [2.24, 2.45) is 0 Å². The van der Waals surface area contributed by atoms with E-state index >= 15 is 0 Å². The number of hydrogen-bond donors (Lipinski definition) is 2. The summed E-state index contributed by atoms with van der Waals surface area (Å²) < 4.78 is 0. The minimum atomic E-state index is -0.265. The van der Waals surface area contributed by atoms with Crippen LogP contribution in [0.4, 0.5) is 10.5 Å². The fourth-order valence-corrected chi connectivity index (χ4v) is 2.17. The standard InChI is InChI=1S/C15H14Cl2N2O/c16-12-5-3-6-13(10-12)19-15(20)18-9-8-11-4-1-2-7-14(11)17/h1-7,10H,8-9H2,(H2,18,19,20). The number of halogens is 2. The molecule has 0 radical (unpaired) electrons. The van der Waals surface area contributed by atoms with Gasteiger partial charge in [0, 0.05) is 22.3 Å². The smallest absolute Gasteiger partial charge is 0.319 e. The van der Waals surface area contributed by atoms with Crippen molar-refractivity contribution in [2.45, 2.75) is 6.42 Å². The quantitative estimate of drug-likeness (QED) is 0.866. The Hall–Kier alpha value is -1.71. The molecule has 2 aromatic rings. The lowest BCUT2D eigenvalue weighted by Gasteiger charge is -2.08. The molecule has 104 valence electrons. The molecule has 0 aliphatic carbocycles. The Morgan fingerprint density at radius 1 is 1.05 bits per heavy atom. The summed E-state index contributed by atoms with van der Waals surface area (Å²) in [6.45, 7) is 0.510. The molecule has 0 aromatic heterocycles. The van der Waals surface area contributed by atoms with Gasteiger partial charge in [-0.25, -0.2) is 4.79 Å². The van der Waals surface area contributed by atoms with Gasteiger partial charge in [0.25, 0.3) is 0 Å². The molecule has 2 aromatic carbocycles. The fourth-order valence-electron chi connectivity index (χ4n) is 1.75. The topological polar surface area (TPSA) is 41.1 Å². The molecule has 0 fully saturated rings. The summed E-state index contributed by atoms with van der Waals surface area (Å²) in [7, 11) is 0. The molecule has 0 heterocycles. The minimum absolute atomic E-state index is 0.265. The summed E-state index contributed by atoms with van der Waals surface area (Å²) in [5.41, 5.74) is 1.67. The van der Waals surface area contributed by atoms with Crippen LogP contribution in [-0.4, -0.2) is 12.6 Å². The third-order valence-corrected chi connectivity index (χ3v) is 3.32. The maximum absolute atomic E-state index is 11.7. The van der Waals surface area contributed by atoms with Crippen LogP contribution in [0.2, 0.25) is 10.0 Å². The lowest BCUT2D eigenvalue weighted by Crippen LogP contribution is -2.30. The van der Waals surface area contributed by atoms with Gasteiger partial charge < -0.3 is 10.6 Å². The molecule has 2 rings (SSSR count). The molecule has 0 bridgehead atoms. The number of benzene rings is 2. The Morgan fingerprint density at radius 2 is 1.85 bits per heavy atom. The number of rotatable bonds is 4. The van der Waals surface area contributed by atoms with E-state index in [9.17, 15) is 4.79 Å². The number of carbonyl (C=O) groups is 1. The largest absolute Gasteiger partial charge is 0.338 e. The highest BCUT2D eigenvalue weighted by Gasteiger charge is 2.03. The number of anilines is 1. The van der Waals surface area contributed by atoms with Gasteiger partial charge in [-0.3, -0.25) is 0 Å². The van der Waals surface area contributed by atoms with Gasteiger partial charge in [-0.2, -0.15) is 0 Å². The van der Waals surface area contributed by atoms with Crippen molar-refractivity contribution < 1.29 is 4.79 Å². The highest BCUT2D eigenvalue weighted by molar-refractivity contribution is 6.31. The molecule has 0 aliphatic heterocycles. The SMILES string of the molecule is O=C(NCCc1ccccc1Cl)Nc1cccc(Cl)c1. The van der Waals surface area contributed by atoms with Crippen molar-refractivity contribution >= 4 is 34.9 Å². The Morgan fingerprint density at radius 3 is 2.60 bits per heavy atom. The Kier molecular flexibility index (Phi) is 5.27. The zero-order chi connectivity index (χ0) is 14.4. The van der Waals surface area contributed by atoms with Crippen molar-refractivity contribution in [1.82, 2.24) is 5.32 Å². The van der Waals surface area contributed by atoms with Crippen molar-refractivity contribution in [3.8, 4) is 0 Å². The molecule has 2 N–H and O–H groups in total. The molecule has 0 unspecified atom stereocenters. The predicted molar refractivity (Wildman–Crippen MR) is 83.6 cm³/mol. The lowest BCUT2D eigenvalue weighted by atomic mass is 10.1. The van der Waals surface area contributed by atoms with E-state index in [-0.39, 0.29) is 6.03 Å². The molecular weight excluding hydrogens is 295 g/mol. The number of amides is 2. The van der Waals surface area contributed by atoms with E-state index in [0.29, 0.717) is 28.7 Å². The van der Waals surface area contributed by atoms with Crippen LogP contribution in [0.25, 0.3) is 0 Å². The van der Waals surface area contributed by atoms with Gasteiger partial charge in [-0.15, -0.1) is 0 Å². The van der Waals surface area contributed by atoms with Gasteiger partial charge in [0.1, 0.15) is 0 Å². The average molecular weight is 309 g/mol. The van der Waals surface area contributed by atoms with Gasteiger partial charge in [0.05, 0.1) is 0 Å². The van der Waals surface area contributed by atoms with Gasteiger partial charge >= 0.3 is 6.03 Å². The second-order valence-electron chi connectivity index (χ2n) is 4.23. The van der Waals surface area contributed by atoms with Crippen LogP contribution in [0.5, 0.6) is 0 Å². The zero-order valence-corrected chi connectivity index (χ0v) is 12.2. The van der Waals surface area contributed by atoms with E-state index in [0.717, 1.165) is 5.56 Å². The molecule has 3 nitrogen and oxygen atoms in total. The van der Waals surface area contributed by atoms with Crippen LogP contribution in [-0.2, 0) is 6.42 Å². The number of carbonyl (C=O) groups excluding carboxylic acids is 1. The normalized spacial score (nSPS) is 10.1. The second kappa shape index (κ2) is 7.17. The second-order valence-corrected chi connectivity index (χ2v) is 5.08. The van der Waals surface area contributed by atoms with Crippen LogP contribution >= 0.6 is 23.2 Å². The van der Waals surface area contributed by atoms with Gasteiger partial charge in [-0.05, 0) is 36.2 Å². The molecule has 5 heteroatoms. The third kappa shape index (κ3) is 4.44. The number of nitrogens with one attached hydrogen (secondary N) is 2. The molecule has 0 aliphatic rings. The molecule has 2 amide bonds. The van der Waals surface area contributed by atoms with Crippen molar-refractivity contribution in [2.75, 3.05) is 11.9 Å². The number of urea groups is 1. The average Bonchev–Trinajstić information content (AvgIpc) is 2.41. The monoisotopic (exact) mass is 308 g/mol. The van der Waals surface area contributed by atoms with Crippen LogP contribution in [0.3, 0.4) is 0 Å². The third-order valence-electron chi connectivity index (χ3n) is 2.72. The summed E-state index contributed by atoms with van der Waals surface area (Å²) in [6, 6.07) is 14.3. The first-order valence-corrected chi connectivity index (χ1v) is 6.94. The van der Waals surface area contributed by atoms with Gasteiger partial charge in [0.2, 0.25) is 0 Å². The Labute approximate surface area is 127 Å². The van der Waals surface area contributed by atoms with Crippen LogP contribution < -0.4 is 10.6 Å². The van der Waals surface area contributed by atoms with Crippen LogP contribution in [0.15, 0.2) is 48.5 Å². The first kappa shape index (κ1) is 14.7. The van der Waals surface area contributed by atoms with E-state index < -0.39 is 0 Å². The summed E-state index contributed by atoms with van der Waals surface area (Å²) >= 11 is 11.9. The maximum atomic E-state index is 11.7. The highest BCUT2D eigenvalue weighted by Crippen LogP contribution is 2.15. The minimum Gasteiger partial charge on any atom is -0.338 e. The predicted octanol–water partition coefficient (Wildman–Crippen LogP) is 4.36. The molecule has 0 atom stereocenters. The molecule has 0 saturated heterocycles. The molecule has 20 heavy (non-hydrogen) atoms. The summed E-state index contributed by atoms with van der Waals surface area (Å²) in [6.07, 6.45) is 0.683. The first-order valence-electron chi connectivity index (χ1n) is 6.19. The van der Waals surface area contributed by atoms with Gasteiger partial charge in [0.15, 0.2) is 0 Å². The highest BCUT2D eigenvalue weighted by atomic mass is 35.5. The van der Waals surface area contributed by atoms with E-state index in [1.165, 1.54) is 0 Å². The Balaban J connectivity index is 1.80.